The average Bonchev–Trinajstić information content (AvgIpc) is 2.48. The van der Waals surface area contributed by atoms with Crippen LogP contribution in [0.5, 0.6) is 0 Å². The smallest absolute Gasteiger partial charge is 0.346 e. The molecule has 15 heteroatoms. The summed E-state index contributed by atoms with van der Waals surface area (Å²) in [4.78, 5) is 0. The van der Waals surface area contributed by atoms with Gasteiger partial charge in [-0.1, -0.05) is 12.8 Å². The Hall–Kier alpha value is 0.0719. The predicted octanol–water partition coefficient (Wildman–Crippen LogP) is 7.89. The average molecular weight is 702 g/mol. The Kier molecular flexibility index (Phi) is 13.6. The van der Waals surface area contributed by atoms with E-state index in [0.29, 0.717) is 0 Å². The molecule has 0 heterocycles. The molecule has 0 saturated heterocycles. The van der Waals surface area contributed by atoms with E-state index in [4.69, 9.17) is 0 Å². The van der Waals surface area contributed by atoms with Crippen molar-refractivity contribution in [1.82, 2.24) is 0 Å². The summed E-state index contributed by atoms with van der Waals surface area (Å²) in [6.45, 7) is 7.80. The van der Waals surface area contributed by atoms with Crippen molar-refractivity contribution in [3.8, 4) is 0 Å². The Balaban J connectivity index is -0.00000235. The summed E-state index contributed by atoms with van der Waals surface area (Å²) >= 11 is 0. The largest absolute Gasteiger partial charge is 2.00 e. The second-order valence-corrected chi connectivity index (χ2v) is 5.91. The monoisotopic (exact) mass is 702 g/mol. The Morgan fingerprint density at radius 3 is 1.13 bits per heavy atom. The van der Waals surface area contributed by atoms with E-state index in [1.165, 1.54) is 0 Å². The molecule has 0 aliphatic carbocycles. The van der Waals surface area contributed by atoms with Crippen LogP contribution in [0.2, 0.25) is 0 Å². The van der Waals surface area contributed by atoms with E-state index in [0.717, 1.165) is 0 Å². The first kappa shape index (κ1) is 34.7. The molecule has 0 amide bonds. The van der Waals surface area contributed by atoms with Crippen molar-refractivity contribution in [2.24, 2.45) is 5.92 Å². The molecule has 0 aliphatic heterocycles. The van der Waals surface area contributed by atoms with Crippen LogP contribution in [0.4, 0.5) is 61.5 Å². The number of unbranched alkanes of at least 4 members (excludes halogenated alkanes) is 1. The summed E-state index contributed by atoms with van der Waals surface area (Å²) in [5, 5.41) is 0. The van der Waals surface area contributed by atoms with Gasteiger partial charge < -0.3 is 13.8 Å². The Bertz CT molecular complexity index is 446. The minimum absolute atomic E-state index is 0. The maximum Gasteiger partial charge on any atom is 2.00 e. The third kappa shape index (κ3) is 8.54. The number of hydrogen-bond acceptors (Lipinski definition) is 0. The van der Waals surface area contributed by atoms with E-state index in [1.807, 2.05) is 0 Å². The van der Waals surface area contributed by atoms with Crippen molar-refractivity contribution in [3.63, 3.8) is 0 Å². The standard InChI is InChI=1S/C13H13F14.C2H5.U/c1-7(6-9(15,12(22,23)24)13(25,26)27)4-2-3-5-8(14,10(16,17)18)11(19,20)21;1-2;/h7H,1-6H2;1H2,2H3;/q2*-1;+2. The molecule has 0 rings (SSSR count). The van der Waals surface area contributed by atoms with Crippen LogP contribution in [0, 0.1) is 50.9 Å². The van der Waals surface area contributed by atoms with Crippen LogP contribution in [0.25, 0.3) is 0 Å². The zero-order valence-electron chi connectivity index (χ0n) is 15.3. The summed E-state index contributed by atoms with van der Waals surface area (Å²) in [6.07, 6.45) is -32.7. The van der Waals surface area contributed by atoms with E-state index in [1.54, 1.807) is 6.92 Å². The van der Waals surface area contributed by atoms with Crippen LogP contribution >= 0.6 is 0 Å². The summed E-state index contributed by atoms with van der Waals surface area (Å²) in [7, 11) is 0. The molecule has 0 bridgehead atoms. The fraction of sp³-hybridized carbons (Fsp3) is 0.867. The zero-order valence-corrected chi connectivity index (χ0v) is 19.5. The first-order chi connectivity index (χ1) is 12.6. The van der Waals surface area contributed by atoms with E-state index in [2.05, 4.69) is 13.8 Å². The third-order valence-electron chi connectivity index (χ3n) is 3.75. The topological polar surface area (TPSA) is 0 Å². The van der Waals surface area contributed by atoms with Gasteiger partial charge in [0.15, 0.2) is 0 Å². The van der Waals surface area contributed by atoms with Gasteiger partial charge in [0, 0.05) is 0 Å². The second-order valence-electron chi connectivity index (χ2n) is 5.91. The molecule has 0 spiro atoms. The molecule has 0 N–H and O–H groups in total. The van der Waals surface area contributed by atoms with Crippen LogP contribution in [0.15, 0.2) is 0 Å². The van der Waals surface area contributed by atoms with Crippen molar-refractivity contribution < 1.29 is 92.6 Å². The van der Waals surface area contributed by atoms with Crippen LogP contribution in [0.3, 0.4) is 0 Å². The van der Waals surface area contributed by atoms with Crippen LogP contribution in [0.1, 0.15) is 39.0 Å². The summed E-state index contributed by atoms with van der Waals surface area (Å²) in [5.41, 5.74) is -11.2. The molecule has 1 unspecified atom stereocenters. The van der Waals surface area contributed by atoms with Crippen molar-refractivity contribution >= 4 is 0 Å². The molecule has 30 heavy (non-hydrogen) atoms. The number of halogens is 14. The van der Waals surface area contributed by atoms with Gasteiger partial charge in [-0.2, -0.15) is 65.5 Å². The molecule has 0 aromatic heterocycles. The first-order valence-electron chi connectivity index (χ1n) is 7.78. The van der Waals surface area contributed by atoms with E-state index in [-0.39, 0.29) is 31.1 Å². The van der Waals surface area contributed by atoms with Gasteiger partial charge >= 0.3 is 55.8 Å². The molecular formula is C15H18F14U. The maximum atomic E-state index is 13.4. The Morgan fingerprint density at radius 1 is 0.567 bits per heavy atom. The minimum atomic E-state index is -6.36. The molecule has 180 valence electrons. The second kappa shape index (κ2) is 11.8. The van der Waals surface area contributed by atoms with Gasteiger partial charge in [0.1, 0.15) is 0 Å². The van der Waals surface area contributed by atoms with Crippen LogP contribution in [-0.2, 0) is 0 Å². The van der Waals surface area contributed by atoms with Gasteiger partial charge in [-0.05, 0) is 19.3 Å². The van der Waals surface area contributed by atoms with Gasteiger partial charge in [-0.25, -0.2) is 8.78 Å². The van der Waals surface area contributed by atoms with E-state index >= 15 is 0 Å². The molecule has 0 aromatic rings. The molecule has 0 saturated carbocycles. The molecule has 0 radical (unpaired) electrons. The summed E-state index contributed by atoms with van der Waals surface area (Å²) in [5.74, 6) is -1.95. The molecule has 0 nitrogen and oxygen atoms in total. The SMILES string of the molecule is [CH2-]C.[CH2-]C(CCCCC(F)(C(F)(F)F)C(F)(F)F)CC(F)(C(F)(F)F)C(F)(F)F.[U+2]. The third-order valence-corrected chi connectivity index (χ3v) is 3.75. The summed E-state index contributed by atoms with van der Waals surface area (Å²) < 4.78 is 174. The van der Waals surface area contributed by atoms with Crippen molar-refractivity contribution in [3.05, 3.63) is 13.8 Å². The van der Waals surface area contributed by atoms with Gasteiger partial charge in [-0.3, -0.25) is 0 Å². The number of hydrogen-bond donors (Lipinski definition) is 0. The maximum absolute atomic E-state index is 13.4. The number of rotatable bonds is 7. The molecule has 0 fully saturated rings. The molecule has 1 atom stereocenters. The van der Waals surface area contributed by atoms with Gasteiger partial charge in [0.2, 0.25) is 0 Å². The predicted molar refractivity (Wildman–Crippen MR) is 74.9 cm³/mol. The normalized spacial score (nSPS) is 15.1. The molecule has 0 aliphatic rings. The van der Waals surface area contributed by atoms with Crippen molar-refractivity contribution in [2.45, 2.75) is 75.1 Å². The fourth-order valence-electron chi connectivity index (χ4n) is 2.14. The molecule has 0 aromatic carbocycles. The quantitative estimate of drug-likeness (QED) is 0.144. The number of alkyl halides is 14. The Morgan fingerprint density at radius 2 is 0.867 bits per heavy atom. The zero-order chi connectivity index (χ0) is 24.1. The summed E-state index contributed by atoms with van der Waals surface area (Å²) in [6, 6.07) is 0. The van der Waals surface area contributed by atoms with Crippen LogP contribution < -0.4 is 0 Å². The van der Waals surface area contributed by atoms with Gasteiger partial charge in [-0.15, -0.1) is 0 Å². The van der Waals surface area contributed by atoms with Crippen molar-refractivity contribution in [2.75, 3.05) is 0 Å². The molecular weight excluding hydrogens is 684 g/mol. The van der Waals surface area contributed by atoms with E-state index in [9.17, 15) is 61.5 Å². The fourth-order valence-corrected chi connectivity index (χ4v) is 2.14. The van der Waals surface area contributed by atoms with Gasteiger partial charge in [0.25, 0.3) is 11.3 Å². The Labute approximate surface area is 187 Å². The van der Waals surface area contributed by atoms with Gasteiger partial charge in [0.05, 0.1) is 0 Å². The minimum Gasteiger partial charge on any atom is -0.346 e. The first-order valence-corrected chi connectivity index (χ1v) is 7.78. The van der Waals surface area contributed by atoms with Crippen molar-refractivity contribution in [1.29, 1.82) is 0 Å². The van der Waals surface area contributed by atoms with E-state index < -0.39 is 74.1 Å². The van der Waals surface area contributed by atoms with Crippen LogP contribution in [-0.4, -0.2) is 36.0 Å².